The minimum atomic E-state index is -5.33. The molecule has 10 atom stereocenters. The third-order valence-corrected chi connectivity index (χ3v) is 6.07. The zero-order chi connectivity index (χ0) is 28.1. The van der Waals surface area contributed by atoms with Crippen LogP contribution in [-0.4, -0.2) is 140 Å². The van der Waals surface area contributed by atoms with E-state index in [1.807, 2.05) is 0 Å². The van der Waals surface area contributed by atoms with Crippen LogP contribution in [0.3, 0.4) is 0 Å². The topological polar surface area (TPSA) is 300 Å². The number of aliphatic hydroxyl groups is 4. The van der Waals surface area contributed by atoms with Gasteiger partial charge in [0.05, 0.1) is 19.8 Å². The molecule has 1 amide bonds. The maximum absolute atomic E-state index is 11.8. The van der Waals surface area contributed by atoms with Crippen LogP contribution in [0.5, 0.6) is 0 Å². The van der Waals surface area contributed by atoms with E-state index in [0.29, 0.717) is 0 Å². The van der Waals surface area contributed by atoms with Gasteiger partial charge in [-0.25, -0.2) is 8.37 Å². The number of nitrogens with two attached hydrogens (primary N) is 1. The second kappa shape index (κ2) is 15.2. The number of carbonyl (C=O) groups is 1. The van der Waals surface area contributed by atoms with E-state index in [4.69, 9.17) is 29.2 Å². The zero-order valence-electron chi connectivity index (χ0n) is 20.2. The fourth-order valence-corrected chi connectivity index (χ4v) is 4.48. The van der Waals surface area contributed by atoms with Gasteiger partial charge < -0.3 is 50.4 Å². The van der Waals surface area contributed by atoms with Gasteiger partial charge in [-0.15, -0.1) is 0 Å². The van der Waals surface area contributed by atoms with Crippen LogP contribution in [0.1, 0.15) is 6.92 Å². The predicted molar refractivity (Wildman–Crippen MR) is 114 cm³/mol. The van der Waals surface area contributed by atoms with Gasteiger partial charge >= 0.3 is 50.4 Å². The van der Waals surface area contributed by atoms with E-state index in [-0.39, 0.29) is 42.7 Å². The number of aliphatic hydroxyl groups excluding tert-OH is 4. The maximum atomic E-state index is 11.8. The molecule has 0 unspecified atom stereocenters. The van der Waals surface area contributed by atoms with Crippen LogP contribution in [0, 0.1) is 0 Å². The summed E-state index contributed by atoms with van der Waals surface area (Å²) >= 11 is 0. The average Bonchev–Trinajstić information content (AvgIpc) is 2.78. The van der Waals surface area contributed by atoms with Gasteiger partial charge in [-0.05, 0) is 0 Å². The monoisotopic (exact) mass is 609 g/mol. The van der Waals surface area contributed by atoms with E-state index in [0.717, 1.165) is 6.92 Å². The first-order valence-electron chi connectivity index (χ1n) is 10.6. The molecule has 0 bridgehead atoms. The Labute approximate surface area is 239 Å². The van der Waals surface area contributed by atoms with Crippen LogP contribution in [0.2, 0.25) is 0 Å². The van der Waals surface area contributed by atoms with E-state index in [2.05, 4.69) is 13.7 Å². The van der Waals surface area contributed by atoms with Gasteiger partial charge in [-0.2, -0.15) is 16.8 Å². The van der Waals surface area contributed by atoms with Gasteiger partial charge in [0.1, 0.15) is 48.8 Å². The van der Waals surface area contributed by atoms with Crippen molar-refractivity contribution in [2.24, 2.45) is 5.73 Å². The molecule has 218 valence electrons. The molecular formula is C16H30N2NaO17S2+. The van der Waals surface area contributed by atoms with Crippen LogP contribution in [0.15, 0.2) is 0 Å². The van der Waals surface area contributed by atoms with Gasteiger partial charge in [0.15, 0.2) is 12.6 Å². The smallest absolute Gasteiger partial charge is 0.394 e. The van der Waals surface area contributed by atoms with Crippen LogP contribution in [0.25, 0.3) is 0 Å². The minimum Gasteiger partial charge on any atom is -0.394 e. The molecule has 2 fully saturated rings. The summed E-state index contributed by atoms with van der Waals surface area (Å²) in [5, 5.41) is 42.0. The predicted octanol–water partition coefficient (Wildman–Crippen LogP) is -8.61. The summed E-state index contributed by atoms with van der Waals surface area (Å²) in [4.78, 5) is 11.8. The van der Waals surface area contributed by atoms with Gasteiger partial charge in [-0.1, -0.05) is 0 Å². The number of hydrogen-bond acceptors (Lipinski definition) is 16. The molecule has 9 N–H and O–H groups in total. The van der Waals surface area contributed by atoms with E-state index in [9.17, 15) is 46.6 Å². The Hall–Kier alpha value is -0.150. The Morgan fingerprint density at radius 1 is 0.947 bits per heavy atom. The van der Waals surface area contributed by atoms with E-state index in [1.54, 1.807) is 0 Å². The summed E-state index contributed by atoms with van der Waals surface area (Å²) in [5.74, 6) is -0.780. The van der Waals surface area contributed by atoms with Gasteiger partial charge in [0.2, 0.25) is 5.91 Å². The fourth-order valence-electron chi connectivity index (χ4n) is 3.66. The molecule has 0 aromatic heterocycles. The maximum Gasteiger partial charge on any atom is 1.00 e. The van der Waals surface area contributed by atoms with Crippen LogP contribution >= 0.6 is 0 Å². The second-order valence-corrected chi connectivity index (χ2v) is 10.1. The molecule has 0 aliphatic carbocycles. The molecule has 0 aromatic rings. The normalized spacial score (nSPS) is 36.3. The van der Waals surface area contributed by atoms with E-state index in [1.165, 1.54) is 0 Å². The number of carbonyl (C=O) groups excluding carboxylic acids is 1. The molecule has 2 saturated heterocycles. The molecule has 2 aliphatic rings. The van der Waals surface area contributed by atoms with Crippen LogP contribution in [-0.2, 0) is 52.9 Å². The second-order valence-electron chi connectivity index (χ2n) is 7.93. The third-order valence-electron chi connectivity index (χ3n) is 5.17. The van der Waals surface area contributed by atoms with E-state index < -0.39 is 101 Å². The standard InChI is InChI=1S/C16H30N2O17S2.Na/c1-6(20)18-9-14(35-37(27,28)29)13(34-16-12(23)11(22)10(21)7(4-19)32-16)8(5-31-36(24,25)26)33-15(9)30-3-2-17;/h7-16,19,21-23H,2-5,17H2,1H3,(H,18,20)(H,24,25,26)(H,27,28,29);/q;+1/t7-,8-,9-,10+,11+,12-,13-,14-,15-,16+;/m1./s1. The van der Waals surface area contributed by atoms with Crippen molar-refractivity contribution in [3.05, 3.63) is 0 Å². The molecule has 22 heteroatoms. The molecule has 0 aromatic carbocycles. The number of ether oxygens (including phenoxy) is 4. The number of hydrogen-bond donors (Lipinski definition) is 8. The molecule has 2 heterocycles. The first-order valence-corrected chi connectivity index (χ1v) is 13.3. The zero-order valence-corrected chi connectivity index (χ0v) is 23.8. The Morgan fingerprint density at radius 2 is 1.55 bits per heavy atom. The van der Waals surface area contributed by atoms with Gasteiger partial charge in [0, 0.05) is 13.5 Å². The van der Waals surface area contributed by atoms with Crippen molar-refractivity contribution in [2.45, 2.75) is 68.3 Å². The number of amides is 1. The molecule has 0 spiro atoms. The fraction of sp³-hybridized carbons (Fsp3) is 0.938. The van der Waals surface area contributed by atoms with Crippen molar-refractivity contribution in [1.29, 1.82) is 0 Å². The molecule has 19 nitrogen and oxygen atoms in total. The SMILES string of the molecule is CC(=O)N[C@H]1[C@H](OCCN)O[C@H](COS(=O)(=O)O)[C@@H](O[C@@H]2O[C@H](CO)[C@H](O)[C@H](O)[C@H]2O)[C@@H]1OS(=O)(=O)O.[Na+]. The van der Waals surface area contributed by atoms with Crippen LogP contribution in [0.4, 0.5) is 0 Å². The van der Waals surface area contributed by atoms with Crippen molar-refractivity contribution in [2.75, 3.05) is 26.4 Å². The van der Waals surface area contributed by atoms with Gasteiger partial charge in [0.25, 0.3) is 0 Å². The molecular weight excluding hydrogens is 579 g/mol. The summed E-state index contributed by atoms with van der Waals surface area (Å²) < 4.78 is 94.7. The number of nitrogens with one attached hydrogen (secondary N) is 1. The van der Waals surface area contributed by atoms with E-state index >= 15 is 0 Å². The largest absolute Gasteiger partial charge is 1.00 e. The van der Waals surface area contributed by atoms with Crippen molar-refractivity contribution < 1.29 is 108 Å². The molecule has 0 radical (unpaired) electrons. The Kier molecular flexibility index (Phi) is 14.3. The molecule has 2 aliphatic heterocycles. The summed E-state index contributed by atoms with van der Waals surface area (Å²) in [6.07, 6.45) is -16.5. The first-order chi connectivity index (χ1) is 17.1. The Bertz CT molecular complexity index is 969. The first kappa shape index (κ1) is 35.9. The van der Waals surface area contributed by atoms with Crippen molar-refractivity contribution in [3.8, 4) is 0 Å². The molecule has 38 heavy (non-hydrogen) atoms. The van der Waals surface area contributed by atoms with Crippen LogP contribution < -0.4 is 40.6 Å². The number of rotatable bonds is 12. The summed E-state index contributed by atoms with van der Waals surface area (Å²) in [5.41, 5.74) is 5.39. The quantitative estimate of drug-likeness (QED) is 0.0752. The van der Waals surface area contributed by atoms with Crippen molar-refractivity contribution in [1.82, 2.24) is 5.32 Å². The summed E-state index contributed by atoms with van der Waals surface area (Å²) in [6, 6.07) is -1.61. The molecule has 0 saturated carbocycles. The van der Waals surface area contributed by atoms with Gasteiger partial charge in [-0.3, -0.25) is 13.9 Å². The third kappa shape index (κ3) is 10.4. The Morgan fingerprint density at radius 3 is 2.05 bits per heavy atom. The average molecular weight is 610 g/mol. The summed E-state index contributed by atoms with van der Waals surface area (Å²) in [7, 11) is -10.4. The summed E-state index contributed by atoms with van der Waals surface area (Å²) in [6.45, 7) is -1.26. The van der Waals surface area contributed by atoms with Crippen molar-refractivity contribution >= 4 is 26.7 Å². The minimum absolute atomic E-state index is 0. The molecule has 2 rings (SSSR count). The Balaban J connectivity index is 0.00000722. The van der Waals surface area contributed by atoms with Crippen molar-refractivity contribution in [3.63, 3.8) is 0 Å².